The van der Waals surface area contributed by atoms with Gasteiger partial charge in [0.15, 0.2) is 0 Å². The van der Waals surface area contributed by atoms with Crippen LogP contribution in [0.2, 0.25) is 0 Å². The van der Waals surface area contributed by atoms with Gasteiger partial charge in [-0.3, -0.25) is 14.4 Å². The fraction of sp³-hybridized carbons (Fsp3) is 0.500. The molecule has 0 aromatic heterocycles. The van der Waals surface area contributed by atoms with E-state index in [4.69, 9.17) is 5.11 Å². The molecule has 2 aliphatic heterocycles. The summed E-state index contributed by atoms with van der Waals surface area (Å²) in [7, 11) is 0. The van der Waals surface area contributed by atoms with Gasteiger partial charge in [0.2, 0.25) is 11.8 Å². The SMILES string of the molecule is O=C(O)[C@H]1CCN(C(=O)[C@H]2CC(=O)N(Cc3cccc(C(F)(F)F)c3)C2)C1. The Hall–Kier alpha value is -2.58. The van der Waals surface area contributed by atoms with Gasteiger partial charge in [-0.1, -0.05) is 12.1 Å². The minimum atomic E-state index is -4.46. The van der Waals surface area contributed by atoms with E-state index in [0.717, 1.165) is 12.1 Å². The molecule has 2 saturated heterocycles. The Balaban J connectivity index is 1.63. The number of carbonyl (C=O) groups excluding carboxylic acids is 2. The second kappa shape index (κ2) is 7.21. The Morgan fingerprint density at radius 3 is 2.56 bits per heavy atom. The highest BCUT2D eigenvalue weighted by Gasteiger charge is 2.40. The van der Waals surface area contributed by atoms with E-state index in [1.807, 2.05) is 0 Å². The van der Waals surface area contributed by atoms with Gasteiger partial charge in [-0.15, -0.1) is 0 Å². The monoisotopic (exact) mass is 384 g/mol. The minimum absolute atomic E-state index is 0.00425. The van der Waals surface area contributed by atoms with E-state index in [1.165, 1.54) is 21.9 Å². The van der Waals surface area contributed by atoms with E-state index >= 15 is 0 Å². The highest BCUT2D eigenvalue weighted by molar-refractivity contribution is 5.89. The van der Waals surface area contributed by atoms with Crippen molar-refractivity contribution in [3.8, 4) is 0 Å². The molecule has 27 heavy (non-hydrogen) atoms. The molecule has 1 aromatic carbocycles. The zero-order valence-electron chi connectivity index (χ0n) is 14.4. The van der Waals surface area contributed by atoms with Gasteiger partial charge < -0.3 is 14.9 Å². The summed E-state index contributed by atoms with van der Waals surface area (Å²) in [5, 5.41) is 9.03. The van der Waals surface area contributed by atoms with E-state index in [1.54, 1.807) is 0 Å². The molecule has 3 rings (SSSR count). The quantitative estimate of drug-likeness (QED) is 0.861. The Morgan fingerprint density at radius 1 is 1.19 bits per heavy atom. The fourth-order valence-electron chi connectivity index (χ4n) is 3.58. The van der Waals surface area contributed by atoms with Gasteiger partial charge in [0.1, 0.15) is 0 Å². The van der Waals surface area contributed by atoms with Crippen molar-refractivity contribution in [1.29, 1.82) is 0 Å². The van der Waals surface area contributed by atoms with E-state index in [2.05, 4.69) is 0 Å². The molecule has 2 heterocycles. The molecule has 9 heteroatoms. The van der Waals surface area contributed by atoms with Crippen LogP contribution in [0.15, 0.2) is 24.3 Å². The van der Waals surface area contributed by atoms with E-state index in [-0.39, 0.29) is 37.9 Å². The maximum atomic E-state index is 12.8. The number of carboxylic acids is 1. The van der Waals surface area contributed by atoms with Crippen molar-refractivity contribution in [3.05, 3.63) is 35.4 Å². The number of hydrogen-bond acceptors (Lipinski definition) is 3. The molecule has 1 aromatic rings. The van der Waals surface area contributed by atoms with Crippen molar-refractivity contribution in [2.24, 2.45) is 11.8 Å². The predicted molar refractivity (Wildman–Crippen MR) is 87.3 cm³/mol. The highest BCUT2D eigenvalue weighted by Crippen LogP contribution is 2.31. The average molecular weight is 384 g/mol. The molecule has 0 unspecified atom stereocenters. The van der Waals surface area contributed by atoms with Gasteiger partial charge in [-0.2, -0.15) is 13.2 Å². The van der Waals surface area contributed by atoms with Crippen LogP contribution in [0, 0.1) is 11.8 Å². The van der Waals surface area contributed by atoms with Gasteiger partial charge >= 0.3 is 12.1 Å². The largest absolute Gasteiger partial charge is 0.481 e. The van der Waals surface area contributed by atoms with Crippen LogP contribution in [0.3, 0.4) is 0 Å². The number of amides is 2. The number of carbonyl (C=O) groups is 3. The Kier molecular flexibility index (Phi) is 5.12. The summed E-state index contributed by atoms with van der Waals surface area (Å²) in [6, 6.07) is 4.77. The van der Waals surface area contributed by atoms with Crippen molar-refractivity contribution in [3.63, 3.8) is 0 Å². The van der Waals surface area contributed by atoms with Crippen LogP contribution in [0.4, 0.5) is 13.2 Å². The number of halogens is 3. The summed E-state index contributed by atoms with van der Waals surface area (Å²) in [5.41, 5.74) is -0.436. The lowest BCUT2D eigenvalue weighted by Crippen LogP contribution is -2.36. The predicted octanol–water partition coefficient (Wildman–Crippen LogP) is 1.99. The normalized spacial score (nSPS) is 23.1. The number of hydrogen-bond donors (Lipinski definition) is 1. The van der Waals surface area contributed by atoms with Gasteiger partial charge in [0.25, 0.3) is 0 Å². The summed E-state index contributed by atoms with van der Waals surface area (Å²) < 4.78 is 38.4. The van der Waals surface area contributed by atoms with Gasteiger partial charge in [0.05, 0.1) is 17.4 Å². The molecule has 146 valence electrons. The van der Waals surface area contributed by atoms with Gasteiger partial charge in [-0.25, -0.2) is 0 Å². The second-order valence-electron chi connectivity index (χ2n) is 6.98. The van der Waals surface area contributed by atoms with E-state index < -0.39 is 29.5 Å². The number of aliphatic carboxylic acids is 1. The third-order valence-electron chi connectivity index (χ3n) is 5.04. The zero-order valence-corrected chi connectivity index (χ0v) is 14.4. The minimum Gasteiger partial charge on any atom is -0.481 e. The molecule has 0 radical (unpaired) electrons. The molecule has 0 saturated carbocycles. The number of nitrogens with zero attached hydrogens (tertiary/aromatic N) is 2. The number of likely N-dealkylation sites (tertiary alicyclic amines) is 2. The first-order valence-corrected chi connectivity index (χ1v) is 8.60. The number of alkyl halides is 3. The standard InChI is InChI=1S/C18H19F3N2O4/c19-18(20,21)14-3-1-2-11(6-14)8-23-10-13(7-15(23)24)16(25)22-5-4-12(9-22)17(26)27/h1-3,6,12-13H,4-5,7-10H2,(H,26,27)/t12-,13-/m0/s1. The summed E-state index contributed by atoms with van der Waals surface area (Å²) in [5.74, 6) is -2.68. The van der Waals surface area contributed by atoms with Crippen molar-refractivity contribution >= 4 is 17.8 Å². The maximum absolute atomic E-state index is 12.8. The molecule has 2 fully saturated rings. The molecule has 2 atom stereocenters. The Morgan fingerprint density at radius 2 is 1.93 bits per heavy atom. The third kappa shape index (κ3) is 4.23. The smallest absolute Gasteiger partial charge is 0.416 e. The number of benzene rings is 1. The van der Waals surface area contributed by atoms with Crippen LogP contribution in [-0.4, -0.2) is 52.3 Å². The van der Waals surface area contributed by atoms with Crippen LogP contribution in [0.1, 0.15) is 24.0 Å². The highest BCUT2D eigenvalue weighted by atomic mass is 19.4. The molecular formula is C18H19F3N2O4. The van der Waals surface area contributed by atoms with Crippen LogP contribution in [-0.2, 0) is 27.1 Å². The molecule has 2 amide bonds. The fourth-order valence-corrected chi connectivity index (χ4v) is 3.58. The molecule has 0 bridgehead atoms. The Bertz CT molecular complexity index is 765. The first-order valence-electron chi connectivity index (χ1n) is 8.60. The van der Waals surface area contributed by atoms with E-state index in [0.29, 0.717) is 18.5 Å². The van der Waals surface area contributed by atoms with Crippen molar-refractivity contribution in [1.82, 2.24) is 9.80 Å². The van der Waals surface area contributed by atoms with Crippen LogP contribution < -0.4 is 0 Å². The number of rotatable bonds is 4. The summed E-state index contributed by atoms with van der Waals surface area (Å²) in [6.45, 7) is 0.604. The zero-order chi connectivity index (χ0) is 19.8. The summed E-state index contributed by atoms with van der Waals surface area (Å²) >= 11 is 0. The second-order valence-corrected chi connectivity index (χ2v) is 6.98. The van der Waals surface area contributed by atoms with Crippen LogP contribution in [0.25, 0.3) is 0 Å². The molecular weight excluding hydrogens is 365 g/mol. The molecule has 6 nitrogen and oxygen atoms in total. The first kappa shape index (κ1) is 19.2. The Labute approximate surface area is 153 Å². The van der Waals surface area contributed by atoms with Crippen molar-refractivity contribution < 1.29 is 32.7 Å². The van der Waals surface area contributed by atoms with Gasteiger partial charge in [0, 0.05) is 32.6 Å². The van der Waals surface area contributed by atoms with Crippen LogP contribution in [0.5, 0.6) is 0 Å². The summed E-state index contributed by atoms with van der Waals surface area (Å²) in [4.78, 5) is 38.6. The van der Waals surface area contributed by atoms with Crippen molar-refractivity contribution in [2.75, 3.05) is 19.6 Å². The summed E-state index contributed by atoms with van der Waals surface area (Å²) in [6.07, 6.45) is -4.08. The lowest BCUT2D eigenvalue weighted by molar-refractivity contribution is -0.142. The molecule has 0 aliphatic carbocycles. The third-order valence-corrected chi connectivity index (χ3v) is 5.04. The topological polar surface area (TPSA) is 77.9 Å². The maximum Gasteiger partial charge on any atom is 0.416 e. The first-order chi connectivity index (χ1) is 12.6. The van der Waals surface area contributed by atoms with Gasteiger partial charge in [-0.05, 0) is 24.1 Å². The number of carboxylic acid groups (broad SMARTS) is 1. The van der Waals surface area contributed by atoms with E-state index in [9.17, 15) is 27.6 Å². The molecule has 0 spiro atoms. The lowest BCUT2D eigenvalue weighted by atomic mass is 10.1. The van der Waals surface area contributed by atoms with Crippen LogP contribution >= 0.6 is 0 Å². The average Bonchev–Trinajstić information content (AvgIpc) is 3.22. The molecule has 1 N–H and O–H groups in total. The lowest BCUT2D eigenvalue weighted by Gasteiger charge is -2.21. The molecule has 2 aliphatic rings. The van der Waals surface area contributed by atoms with Crippen molar-refractivity contribution in [2.45, 2.75) is 25.6 Å².